The zero-order chi connectivity index (χ0) is 13.5. The van der Waals surface area contributed by atoms with Crippen molar-refractivity contribution >= 4 is 11.6 Å². The summed E-state index contributed by atoms with van der Waals surface area (Å²) in [4.78, 5) is 16.1. The number of aliphatic imine (C=N–C) groups is 1. The number of allylic oxidation sites excluding steroid dienone is 5. The molecule has 0 radical (unpaired) electrons. The lowest BCUT2D eigenvalue weighted by Gasteiger charge is -2.05. The second kappa shape index (κ2) is 6.94. The fourth-order valence-electron chi connectivity index (χ4n) is 1.87. The molecule has 0 bridgehead atoms. The van der Waals surface area contributed by atoms with Crippen molar-refractivity contribution in [1.29, 1.82) is 0 Å². The monoisotopic (exact) mass is 246 g/mol. The predicted molar refractivity (Wildman–Crippen MR) is 76.6 cm³/mol. The quantitative estimate of drug-likeness (QED) is 0.747. The molecule has 0 unspecified atom stereocenters. The van der Waals surface area contributed by atoms with Crippen molar-refractivity contribution in [3.8, 4) is 0 Å². The molecule has 0 aliphatic carbocycles. The molecule has 0 spiro atoms. The van der Waals surface area contributed by atoms with Gasteiger partial charge in [-0.3, -0.25) is 9.79 Å². The molecule has 0 saturated heterocycles. The van der Waals surface area contributed by atoms with Gasteiger partial charge in [0.25, 0.3) is 0 Å². The third kappa shape index (κ3) is 4.32. The van der Waals surface area contributed by atoms with Crippen molar-refractivity contribution in [3.05, 3.63) is 35.1 Å². The van der Waals surface area contributed by atoms with Crippen LogP contribution in [0.25, 0.3) is 0 Å². The lowest BCUT2D eigenvalue weighted by molar-refractivity contribution is -0.116. The summed E-state index contributed by atoms with van der Waals surface area (Å²) in [6, 6.07) is 0. The standard InChI is InChI=1S/C15H22N2O/c1-11(15(18)16-4)10-14-9-7-5-6-8-12(2)17-13(14)3/h8-10H,5-7H2,1-4H3,(H,16,18)/b11-10+,12-8+,14-9-,17-13+. The van der Waals surface area contributed by atoms with E-state index in [0.29, 0.717) is 5.57 Å². The van der Waals surface area contributed by atoms with Gasteiger partial charge in [0.05, 0.1) is 0 Å². The third-order valence-electron chi connectivity index (χ3n) is 2.93. The normalized spacial score (nSPS) is 26.4. The Bertz CT molecular complexity index is 439. The predicted octanol–water partition coefficient (Wildman–Crippen LogP) is 3.15. The van der Waals surface area contributed by atoms with Crippen LogP contribution in [0.15, 0.2) is 40.1 Å². The summed E-state index contributed by atoms with van der Waals surface area (Å²) in [5.74, 6) is -0.0455. The van der Waals surface area contributed by atoms with Crippen LogP contribution >= 0.6 is 0 Å². The van der Waals surface area contributed by atoms with Crippen molar-refractivity contribution in [2.45, 2.75) is 40.0 Å². The number of carbonyl (C=O) groups excluding carboxylic acids is 1. The Kier molecular flexibility index (Phi) is 5.56. The van der Waals surface area contributed by atoms with E-state index >= 15 is 0 Å². The molecule has 1 N–H and O–H groups in total. The number of hydrogen-bond acceptors (Lipinski definition) is 2. The Morgan fingerprint density at radius 1 is 1.33 bits per heavy atom. The van der Waals surface area contributed by atoms with E-state index in [4.69, 9.17) is 0 Å². The molecule has 1 amide bonds. The van der Waals surface area contributed by atoms with Gasteiger partial charge in [0.1, 0.15) is 0 Å². The zero-order valence-corrected chi connectivity index (χ0v) is 11.7. The molecule has 1 aliphatic heterocycles. The van der Waals surface area contributed by atoms with Crippen LogP contribution in [-0.4, -0.2) is 18.7 Å². The van der Waals surface area contributed by atoms with Gasteiger partial charge < -0.3 is 5.32 Å². The van der Waals surface area contributed by atoms with Gasteiger partial charge in [-0.1, -0.05) is 12.2 Å². The van der Waals surface area contributed by atoms with Crippen LogP contribution in [-0.2, 0) is 4.79 Å². The molecule has 0 fully saturated rings. The van der Waals surface area contributed by atoms with E-state index in [2.05, 4.69) is 22.5 Å². The van der Waals surface area contributed by atoms with E-state index in [1.807, 2.05) is 26.8 Å². The highest BCUT2D eigenvalue weighted by Crippen LogP contribution is 2.14. The summed E-state index contributed by atoms with van der Waals surface area (Å²) in [6.07, 6.45) is 9.44. The molecule has 3 nitrogen and oxygen atoms in total. The zero-order valence-electron chi connectivity index (χ0n) is 11.7. The summed E-state index contributed by atoms with van der Waals surface area (Å²) in [5, 5.41) is 2.63. The maximum atomic E-state index is 11.5. The van der Waals surface area contributed by atoms with E-state index in [9.17, 15) is 4.79 Å². The average Bonchev–Trinajstić information content (AvgIpc) is 2.41. The van der Waals surface area contributed by atoms with E-state index in [1.165, 1.54) is 0 Å². The maximum Gasteiger partial charge on any atom is 0.246 e. The summed E-state index contributed by atoms with van der Waals surface area (Å²) in [6.45, 7) is 5.83. The van der Waals surface area contributed by atoms with Crippen molar-refractivity contribution < 1.29 is 4.79 Å². The van der Waals surface area contributed by atoms with Gasteiger partial charge in [0.15, 0.2) is 0 Å². The number of nitrogens with one attached hydrogen (secondary N) is 1. The van der Waals surface area contributed by atoms with Crippen LogP contribution in [0.1, 0.15) is 40.0 Å². The Labute approximate surface area is 109 Å². The molecular formula is C15H22N2O. The SMILES string of the molecule is CNC(=O)/C(C)=C/C1=C/CCC\C=C(C)\N=C\1C. The first-order chi connectivity index (χ1) is 8.54. The summed E-state index contributed by atoms with van der Waals surface area (Å²) in [5.41, 5.74) is 3.77. The lowest BCUT2D eigenvalue weighted by Crippen LogP contribution is -2.18. The van der Waals surface area contributed by atoms with Gasteiger partial charge in [-0.2, -0.15) is 0 Å². The highest BCUT2D eigenvalue weighted by atomic mass is 16.1. The minimum absolute atomic E-state index is 0.0455. The Morgan fingerprint density at radius 2 is 2.00 bits per heavy atom. The lowest BCUT2D eigenvalue weighted by atomic mass is 10.1. The van der Waals surface area contributed by atoms with Gasteiger partial charge >= 0.3 is 0 Å². The molecule has 1 rings (SSSR count). The van der Waals surface area contributed by atoms with E-state index in [-0.39, 0.29) is 5.91 Å². The van der Waals surface area contributed by atoms with Crippen molar-refractivity contribution in [1.82, 2.24) is 5.32 Å². The number of nitrogens with zero attached hydrogens (tertiary/aromatic N) is 1. The first kappa shape index (κ1) is 14.4. The number of likely N-dealkylation sites (N-methyl/N-ethyl adjacent to an activating group) is 1. The van der Waals surface area contributed by atoms with Crippen molar-refractivity contribution in [2.24, 2.45) is 4.99 Å². The molecule has 0 aromatic rings. The summed E-state index contributed by atoms with van der Waals surface area (Å²) >= 11 is 0. The van der Waals surface area contributed by atoms with Gasteiger partial charge in [0, 0.05) is 24.0 Å². The van der Waals surface area contributed by atoms with E-state index < -0.39 is 0 Å². The van der Waals surface area contributed by atoms with Crippen molar-refractivity contribution in [3.63, 3.8) is 0 Å². The fraction of sp³-hybridized carbons (Fsp3) is 0.467. The van der Waals surface area contributed by atoms with Crippen LogP contribution in [0.2, 0.25) is 0 Å². The second-order valence-corrected chi connectivity index (χ2v) is 4.54. The number of hydrogen-bond donors (Lipinski definition) is 1. The molecule has 3 heteroatoms. The van der Waals surface area contributed by atoms with E-state index in [0.717, 1.165) is 36.2 Å². The first-order valence-electron chi connectivity index (χ1n) is 6.37. The number of rotatable bonds is 2. The molecule has 0 saturated carbocycles. The summed E-state index contributed by atoms with van der Waals surface area (Å²) in [7, 11) is 1.64. The second-order valence-electron chi connectivity index (χ2n) is 4.54. The molecule has 0 aromatic heterocycles. The van der Waals surface area contributed by atoms with Crippen LogP contribution in [0.3, 0.4) is 0 Å². The number of carbonyl (C=O) groups is 1. The van der Waals surface area contributed by atoms with Crippen molar-refractivity contribution in [2.75, 3.05) is 7.05 Å². The maximum absolute atomic E-state index is 11.5. The molecular weight excluding hydrogens is 224 g/mol. The fourth-order valence-corrected chi connectivity index (χ4v) is 1.87. The van der Waals surface area contributed by atoms with Gasteiger partial charge in [-0.25, -0.2) is 0 Å². The van der Waals surface area contributed by atoms with Gasteiger partial charge in [-0.05, 0) is 51.7 Å². The molecule has 18 heavy (non-hydrogen) atoms. The van der Waals surface area contributed by atoms with Crippen LogP contribution in [0, 0.1) is 0 Å². The van der Waals surface area contributed by atoms with Crippen LogP contribution in [0.5, 0.6) is 0 Å². The first-order valence-corrected chi connectivity index (χ1v) is 6.37. The molecule has 98 valence electrons. The molecule has 1 aliphatic rings. The molecule has 1 heterocycles. The Morgan fingerprint density at radius 3 is 2.67 bits per heavy atom. The third-order valence-corrected chi connectivity index (χ3v) is 2.93. The largest absolute Gasteiger partial charge is 0.355 e. The number of amides is 1. The Balaban J connectivity index is 3.04. The minimum atomic E-state index is -0.0455. The topological polar surface area (TPSA) is 41.5 Å². The minimum Gasteiger partial charge on any atom is -0.355 e. The smallest absolute Gasteiger partial charge is 0.246 e. The Hall–Kier alpha value is -1.64. The van der Waals surface area contributed by atoms with E-state index in [1.54, 1.807) is 7.05 Å². The highest BCUT2D eigenvalue weighted by molar-refractivity contribution is 6.03. The molecule has 0 atom stereocenters. The van der Waals surface area contributed by atoms with Crippen LogP contribution < -0.4 is 5.32 Å². The van der Waals surface area contributed by atoms with Crippen LogP contribution in [0.4, 0.5) is 0 Å². The van der Waals surface area contributed by atoms with Gasteiger partial charge in [0.2, 0.25) is 5.91 Å². The summed E-state index contributed by atoms with van der Waals surface area (Å²) < 4.78 is 0. The molecule has 0 aromatic carbocycles. The average molecular weight is 246 g/mol. The van der Waals surface area contributed by atoms with Gasteiger partial charge in [-0.15, -0.1) is 0 Å². The highest BCUT2D eigenvalue weighted by Gasteiger charge is 2.05.